The summed E-state index contributed by atoms with van der Waals surface area (Å²) >= 11 is 3.66. The molecule has 1 aliphatic heterocycles. The number of benzene rings is 2. The molecule has 0 radical (unpaired) electrons. The van der Waals surface area contributed by atoms with E-state index in [1.807, 2.05) is 12.1 Å². The molecular formula is C25H26BrNO4. The third kappa shape index (κ3) is 3.23. The van der Waals surface area contributed by atoms with Gasteiger partial charge in [-0.2, -0.15) is 0 Å². The summed E-state index contributed by atoms with van der Waals surface area (Å²) < 4.78 is 12.3. The summed E-state index contributed by atoms with van der Waals surface area (Å²) in [4.78, 5) is 12.0. The Bertz CT molecular complexity index is 1050. The second-order valence-electron chi connectivity index (χ2n) is 8.77. The number of methoxy groups -OCH3 is 1. The molecule has 2 saturated carbocycles. The molecule has 2 bridgehead atoms. The van der Waals surface area contributed by atoms with Crippen LogP contribution in [0, 0.1) is 17.8 Å². The summed E-state index contributed by atoms with van der Waals surface area (Å²) in [5.74, 6) is 2.52. The number of rotatable bonds is 6. The van der Waals surface area contributed by atoms with Gasteiger partial charge < -0.3 is 19.9 Å². The van der Waals surface area contributed by atoms with Gasteiger partial charge in [0.1, 0.15) is 6.61 Å². The molecule has 2 fully saturated rings. The Balaban J connectivity index is 1.62. The topological polar surface area (TPSA) is 67.8 Å². The number of carbonyl (C=O) groups is 1. The smallest absolute Gasteiger partial charge is 0.337 e. The number of carboxylic acid groups (broad SMARTS) is 1. The van der Waals surface area contributed by atoms with Gasteiger partial charge in [-0.05, 0) is 88.2 Å². The molecule has 0 saturated heterocycles. The second kappa shape index (κ2) is 7.90. The molecule has 0 spiro atoms. The highest BCUT2D eigenvalue weighted by Crippen LogP contribution is 2.64. The quantitative estimate of drug-likeness (QED) is 0.491. The SMILES string of the molecule is C=CCOc1c(Br)cc(C2Nc3c(C(=O)O)cccc3C3C4CCC(C4)C23)cc1OC. The van der Waals surface area contributed by atoms with Crippen molar-refractivity contribution in [1.82, 2.24) is 0 Å². The molecule has 5 rings (SSSR count). The minimum absolute atomic E-state index is 0.0203. The largest absolute Gasteiger partial charge is 0.493 e. The van der Waals surface area contributed by atoms with E-state index in [1.165, 1.54) is 24.8 Å². The number of halogens is 1. The fourth-order valence-corrected chi connectivity index (χ4v) is 6.80. The molecule has 2 aromatic rings. The zero-order chi connectivity index (χ0) is 21.7. The van der Waals surface area contributed by atoms with Crippen molar-refractivity contribution in [2.24, 2.45) is 17.8 Å². The molecule has 6 heteroatoms. The van der Waals surface area contributed by atoms with E-state index in [4.69, 9.17) is 9.47 Å². The Morgan fingerprint density at radius 2 is 2.13 bits per heavy atom. The van der Waals surface area contributed by atoms with Gasteiger partial charge in [0.25, 0.3) is 0 Å². The first-order valence-corrected chi connectivity index (χ1v) is 11.6. The lowest BCUT2D eigenvalue weighted by Gasteiger charge is -2.44. The van der Waals surface area contributed by atoms with Crippen LogP contribution >= 0.6 is 15.9 Å². The van der Waals surface area contributed by atoms with Crippen LogP contribution < -0.4 is 14.8 Å². The summed E-state index contributed by atoms with van der Waals surface area (Å²) in [7, 11) is 1.64. The van der Waals surface area contributed by atoms with E-state index in [2.05, 4.69) is 40.0 Å². The molecule has 0 amide bonds. The summed E-state index contributed by atoms with van der Waals surface area (Å²) in [6.45, 7) is 4.10. The van der Waals surface area contributed by atoms with E-state index in [-0.39, 0.29) is 6.04 Å². The Hall–Kier alpha value is -2.47. The summed E-state index contributed by atoms with van der Waals surface area (Å²) in [5.41, 5.74) is 3.38. The van der Waals surface area contributed by atoms with Crippen molar-refractivity contribution in [3.63, 3.8) is 0 Å². The van der Waals surface area contributed by atoms with Crippen molar-refractivity contribution >= 4 is 27.6 Å². The Morgan fingerprint density at radius 1 is 1.32 bits per heavy atom. The number of aromatic carboxylic acids is 1. The predicted molar refractivity (Wildman–Crippen MR) is 123 cm³/mol. The van der Waals surface area contributed by atoms with Gasteiger partial charge in [0.05, 0.1) is 28.9 Å². The molecule has 2 aliphatic carbocycles. The van der Waals surface area contributed by atoms with Gasteiger partial charge in [0, 0.05) is 0 Å². The van der Waals surface area contributed by atoms with Gasteiger partial charge in [0.2, 0.25) is 0 Å². The van der Waals surface area contributed by atoms with Crippen LogP contribution in [0.5, 0.6) is 11.5 Å². The van der Waals surface area contributed by atoms with Gasteiger partial charge in [-0.1, -0.05) is 24.8 Å². The number of nitrogens with one attached hydrogen (secondary N) is 1. The minimum Gasteiger partial charge on any atom is -0.493 e. The van der Waals surface area contributed by atoms with Crippen molar-refractivity contribution in [2.45, 2.75) is 31.2 Å². The van der Waals surface area contributed by atoms with Gasteiger partial charge in [-0.15, -0.1) is 0 Å². The maximum Gasteiger partial charge on any atom is 0.337 e. The van der Waals surface area contributed by atoms with Crippen LogP contribution in [-0.2, 0) is 0 Å². The molecule has 5 atom stereocenters. The summed E-state index contributed by atoms with van der Waals surface area (Å²) in [5, 5.41) is 13.5. The standard InChI is InChI=1S/C25H26BrNO4/c1-3-9-31-24-18(26)11-15(12-19(24)30-2)22-21-14-8-7-13(10-14)20(21)16-5-4-6-17(25(28)29)23(16)27-22/h3-6,11-14,20-22,27H,1,7-10H2,2H3,(H,28,29). The first-order valence-electron chi connectivity index (χ1n) is 10.8. The Kier molecular flexibility index (Phi) is 5.21. The molecule has 1 heterocycles. The molecule has 3 aliphatic rings. The lowest BCUT2D eigenvalue weighted by molar-refractivity contribution is 0.0697. The number of hydrogen-bond donors (Lipinski definition) is 2. The Morgan fingerprint density at radius 3 is 2.87 bits per heavy atom. The van der Waals surface area contributed by atoms with Gasteiger partial charge in [-0.3, -0.25) is 0 Å². The number of anilines is 1. The first kappa shape index (κ1) is 20.4. The van der Waals surface area contributed by atoms with Crippen molar-refractivity contribution in [1.29, 1.82) is 0 Å². The highest BCUT2D eigenvalue weighted by Gasteiger charge is 2.54. The van der Waals surface area contributed by atoms with Gasteiger partial charge >= 0.3 is 5.97 Å². The first-order chi connectivity index (χ1) is 15.0. The average molecular weight is 484 g/mol. The number of hydrogen-bond acceptors (Lipinski definition) is 4. The third-order valence-corrected chi connectivity index (χ3v) is 7.90. The van der Waals surface area contributed by atoms with E-state index in [0.29, 0.717) is 47.3 Å². The fraction of sp³-hybridized carbons (Fsp3) is 0.400. The van der Waals surface area contributed by atoms with E-state index in [9.17, 15) is 9.90 Å². The van der Waals surface area contributed by atoms with Crippen LogP contribution in [0.1, 0.15) is 52.7 Å². The van der Waals surface area contributed by atoms with Crippen LogP contribution in [0.4, 0.5) is 5.69 Å². The van der Waals surface area contributed by atoms with E-state index < -0.39 is 5.97 Å². The van der Waals surface area contributed by atoms with E-state index in [0.717, 1.165) is 15.7 Å². The van der Waals surface area contributed by atoms with Crippen molar-refractivity contribution in [3.8, 4) is 11.5 Å². The molecule has 2 aromatic carbocycles. The molecule has 162 valence electrons. The van der Waals surface area contributed by atoms with E-state index in [1.54, 1.807) is 19.3 Å². The molecule has 2 N–H and O–H groups in total. The number of fused-ring (bicyclic) bond motifs is 7. The minimum atomic E-state index is -0.892. The summed E-state index contributed by atoms with van der Waals surface area (Å²) in [6.07, 6.45) is 5.41. The normalized spacial score (nSPS) is 27.7. The number of para-hydroxylation sites is 1. The van der Waals surface area contributed by atoms with Crippen LogP contribution in [0.3, 0.4) is 0 Å². The molecule has 5 nitrogen and oxygen atoms in total. The maximum absolute atomic E-state index is 12.0. The third-order valence-electron chi connectivity index (χ3n) is 7.31. The van der Waals surface area contributed by atoms with Crippen LogP contribution in [0.2, 0.25) is 0 Å². The number of ether oxygens (including phenoxy) is 2. The van der Waals surface area contributed by atoms with Crippen molar-refractivity contribution in [2.75, 3.05) is 19.0 Å². The summed E-state index contributed by atoms with van der Waals surface area (Å²) in [6, 6.07) is 9.83. The zero-order valence-corrected chi connectivity index (χ0v) is 19.0. The predicted octanol–water partition coefficient (Wildman–Crippen LogP) is 6.02. The van der Waals surface area contributed by atoms with Crippen LogP contribution in [0.25, 0.3) is 0 Å². The molecular weight excluding hydrogens is 458 g/mol. The van der Waals surface area contributed by atoms with Crippen molar-refractivity contribution in [3.05, 3.63) is 64.1 Å². The maximum atomic E-state index is 12.0. The molecule has 5 unspecified atom stereocenters. The van der Waals surface area contributed by atoms with Crippen LogP contribution in [0.15, 0.2) is 47.5 Å². The lowest BCUT2D eigenvalue weighted by atomic mass is 9.67. The zero-order valence-electron chi connectivity index (χ0n) is 17.4. The molecule has 31 heavy (non-hydrogen) atoms. The van der Waals surface area contributed by atoms with Gasteiger partial charge in [-0.25, -0.2) is 4.79 Å². The monoisotopic (exact) mass is 483 g/mol. The Labute approximate surface area is 190 Å². The second-order valence-corrected chi connectivity index (χ2v) is 9.62. The average Bonchev–Trinajstić information content (AvgIpc) is 3.39. The lowest BCUT2D eigenvalue weighted by Crippen LogP contribution is -2.36. The van der Waals surface area contributed by atoms with Gasteiger partial charge in [0.15, 0.2) is 11.5 Å². The molecule has 0 aromatic heterocycles. The van der Waals surface area contributed by atoms with Crippen molar-refractivity contribution < 1.29 is 19.4 Å². The highest BCUT2D eigenvalue weighted by atomic mass is 79.9. The van der Waals surface area contributed by atoms with E-state index >= 15 is 0 Å². The number of carboxylic acids is 1. The van der Waals surface area contributed by atoms with Crippen LogP contribution in [-0.4, -0.2) is 24.8 Å². The fourth-order valence-electron chi connectivity index (χ4n) is 6.22. The highest BCUT2D eigenvalue weighted by molar-refractivity contribution is 9.10.